The van der Waals surface area contributed by atoms with E-state index in [4.69, 9.17) is 5.73 Å². The molecule has 18 heavy (non-hydrogen) atoms. The fourth-order valence-corrected chi connectivity index (χ4v) is 4.17. The third-order valence-electron chi connectivity index (χ3n) is 3.25. The molecule has 0 aromatic rings. The van der Waals surface area contributed by atoms with Gasteiger partial charge in [-0.25, -0.2) is 8.42 Å². The van der Waals surface area contributed by atoms with E-state index in [2.05, 4.69) is 0 Å². The van der Waals surface area contributed by atoms with Gasteiger partial charge in [-0.3, -0.25) is 4.79 Å². The molecule has 0 radical (unpaired) electrons. The number of nitrogens with zero attached hydrogens (tertiary/aromatic N) is 1. The van der Waals surface area contributed by atoms with Crippen LogP contribution in [0.1, 0.15) is 27.2 Å². The van der Waals surface area contributed by atoms with Crippen LogP contribution in [0.2, 0.25) is 0 Å². The van der Waals surface area contributed by atoms with E-state index in [0.717, 1.165) is 6.42 Å². The number of amides is 1. The zero-order valence-corrected chi connectivity index (χ0v) is 12.2. The summed E-state index contributed by atoms with van der Waals surface area (Å²) in [6, 6.07) is 0.0975. The summed E-state index contributed by atoms with van der Waals surface area (Å²) in [5.41, 5.74) is 5.60. The molecule has 0 aromatic carbocycles. The van der Waals surface area contributed by atoms with E-state index in [1.165, 1.54) is 0 Å². The van der Waals surface area contributed by atoms with Crippen LogP contribution in [0.15, 0.2) is 0 Å². The Hall–Kier alpha value is -0.620. The molecule has 0 spiro atoms. The van der Waals surface area contributed by atoms with Crippen molar-refractivity contribution < 1.29 is 13.2 Å². The van der Waals surface area contributed by atoms with Crippen LogP contribution >= 0.6 is 0 Å². The van der Waals surface area contributed by atoms with Crippen LogP contribution in [0.25, 0.3) is 0 Å². The van der Waals surface area contributed by atoms with Crippen LogP contribution in [-0.2, 0) is 14.6 Å². The largest absolute Gasteiger partial charge is 0.339 e. The molecule has 0 saturated carbocycles. The first kappa shape index (κ1) is 15.4. The molecule has 6 heteroatoms. The van der Waals surface area contributed by atoms with Gasteiger partial charge in [-0.1, -0.05) is 13.8 Å². The van der Waals surface area contributed by atoms with E-state index >= 15 is 0 Å². The number of carbonyl (C=O) groups is 1. The maximum Gasteiger partial charge on any atom is 0.238 e. The maximum absolute atomic E-state index is 12.0. The van der Waals surface area contributed by atoms with Crippen molar-refractivity contribution >= 4 is 15.7 Å². The molecule has 0 aliphatic carbocycles. The highest BCUT2D eigenvalue weighted by Crippen LogP contribution is 2.22. The van der Waals surface area contributed by atoms with Crippen LogP contribution < -0.4 is 5.73 Å². The minimum atomic E-state index is -3.29. The highest BCUT2D eigenvalue weighted by molar-refractivity contribution is 7.92. The second-order valence-electron chi connectivity index (χ2n) is 5.68. The molecule has 1 heterocycles. The lowest BCUT2D eigenvalue weighted by molar-refractivity contribution is -0.129. The van der Waals surface area contributed by atoms with Gasteiger partial charge in [0.2, 0.25) is 5.91 Å². The summed E-state index contributed by atoms with van der Waals surface area (Å²) >= 11 is 0. The second kappa shape index (κ2) is 6.02. The molecular weight excluding hydrogens is 252 g/mol. The smallest absolute Gasteiger partial charge is 0.238 e. The highest BCUT2D eigenvalue weighted by Gasteiger charge is 2.33. The zero-order chi connectivity index (χ0) is 13.9. The Morgan fingerprint density at radius 3 is 2.50 bits per heavy atom. The van der Waals surface area contributed by atoms with E-state index < -0.39 is 9.84 Å². The first-order valence-corrected chi connectivity index (χ1v) is 8.27. The molecule has 1 aliphatic heterocycles. The fraction of sp³-hybridized carbons (Fsp3) is 0.917. The summed E-state index contributed by atoms with van der Waals surface area (Å²) in [6.45, 7) is 6.76. The standard InChI is InChI=1S/C12H24N2O3S/c1-9(2)7-18(16,17)8-12(15)14-6-11(5-13)4-10(14)3/h9-11H,4-8,13H2,1-3H3. The minimum absolute atomic E-state index is 0.0515. The van der Waals surface area contributed by atoms with E-state index in [-0.39, 0.29) is 29.4 Å². The third kappa shape index (κ3) is 4.24. The Kier molecular flexibility index (Phi) is 5.16. The summed E-state index contributed by atoms with van der Waals surface area (Å²) < 4.78 is 23.6. The molecule has 2 atom stereocenters. The Morgan fingerprint density at radius 1 is 1.44 bits per heavy atom. The second-order valence-corrected chi connectivity index (χ2v) is 7.79. The monoisotopic (exact) mass is 276 g/mol. The molecule has 1 saturated heterocycles. The number of carbonyl (C=O) groups excluding carboxylic acids is 1. The van der Waals surface area contributed by atoms with E-state index in [1.807, 2.05) is 20.8 Å². The van der Waals surface area contributed by atoms with Gasteiger partial charge < -0.3 is 10.6 Å². The van der Waals surface area contributed by atoms with Gasteiger partial charge in [0.05, 0.1) is 5.75 Å². The van der Waals surface area contributed by atoms with Crippen molar-refractivity contribution in [1.29, 1.82) is 0 Å². The van der Waals surface area contributed by atoms with Gasteiger partial charge in [0, 0.05) is 12.6 Å². The minimum Gasteiger partial charge on any atom is -0.339 e. The highest BCUT2D eigenvalue weighted by atomic mass is 32.2. The van der Waals surface area contributed by atoms with Gasteiger partial charge in [-0.2, -0.15) is 0 Å². The van der Waals surface area contributed by atoms with Gasteiger partial charge >= 0.3 is 0 Å². The Bertz CT molecular complexity index is 392. The summed E-state index contributed by atoms with van der Waals surface area (Å²) in [4.78, 5) is 13.7. The number of hydrogen-bond donors (Lipinski definition) is 1. The average Bonchev–Trinajstić information content (AvgIpc) is 2.56. The Labute approximate surface area is 110 Å². The van der Waals surface area contributed by atoms with Crippen LogP contribution in [-0.4, -0.2) is 49.9 Å². The number of nitrogens with two attached hydrogens (primary N) is 1. The molecule has 106 valence electrons. The predicted molar refractivity (Wildman–Crippen MR) is 71.8 cm³/mol. The van der Waals surface area contributed by atoms with Crippen molar-refractivity contribution in [3.8, 4) is 0 Å². The first-order chi connectivity index (χ1) is 8.25. The average molecular weight is 276 g/mol. The number of rotatable bonds is 5. The number of sulfone groups is 1. The zero-order valence-electron chi connectivity index (χ0n) is 11.4. The Balaban J connectivity index is 2.61. The normalized spacial score (nSPS) is 24.8. The third-order valence-corrected chi connectivity index (χ3v) is 5.11. The van der Waals surface area contributed by atoms with Crippen molar-refractivity contribution in [2.24, 2.45) is 17.6 Å². The molecule has 1 fully saturated rings. The lowest BCUT2D eigenvalue weighted by Crippen LogP contribution is -2.39. The summed E-state index contributed by atoms with van der Waals surface area (Å²) in [6.07, 6.45) is 0.868. The summed E-state index contributed by atoms with van der Waals surface area (Å²) in [5.74, 6) is -0.222. The molecule has 2 unspecified atom stereocenters. The van der Waals surface area contributed by atoms with E-state index in [9.17, 15) is 13.2 Å². The van der Waals surface area contributed by atoms with Crippen LogP contribution in [0.3, 0.4) is 0 Å². The van der Waals surface area contributed by atoms with Crippen LogP contribution in [0.4, 0.5) is 0 Å². The lowest BCUT2D eigenvalue weighted by atomic mass is 10.1. The quantitative estimate of drug-likeness (QED) is 0.780. The summed E-state index contributed by atoms with van der Waals surface area (Å²) in [5, 5.41) is 0. The molecule has 1 aliphatic rings. The first-order valence-electron chi connectivity index (χ1n) is 6.45. The van der Waals surface area contributed by atoms with E-state index in [1.54, 1.807) is 4.90 Å². The fourth-order valence-electron chi connectivity index (χ4n) is 2.50. The van der Waals surface area contributed by atoms with Crippen molar-refractivity contribution in [2.75, 3.05) is 24.6 Å². The molecule has 1 rings (SSSR count). The Morgan fingerprint density at radius 2 is 2.06 bits per heavy atom. The number of likely N-dealkylation sites (tertiary alicyclic amines) is 1. The van der Waals surface area contributed by atoms with Gasteiger partial charge in [0.25, 0.3) is 0 Å². The lowest BCUT2D eigenvalue weighted by Gasteiger charge is -2.21. The van der Waals surface area contributed by atoms with Gasteiger partial charge in [0.1, 0.15) is 5.75 Å². The van der Waals surface area contributed by atoms with Crippen molar-refractivity contribution in [3.05, 3.63) is 0 Å². The van der Waals surface area contributed by atoms with Crippen molar-refractivity contribution in [1.82, 2.24) is 4.90 Å². The predicted octanol–water partition coefficient (Wildman–Crippen LogP) is 0.253. The van der Waals surface area contributed by atoms with Crippen molar-refractivity contribution in [3.63, 3.8) is 0 Å². The molecule has 0 aromatic heterocycles. The molecular formula is C12H24N2O3S. The molecule has 1 amide bonds. The SMILES string of the molecule is CC(C)CS(=O)(=O)CC(=O)N1CC(CN)CC1C. The van der Waals surface area contributed by atoms with Gasteiger partial charge in [0.15, 0.2) is 9.84 Å². The molecule has 2 N–H and O–H groups in total. The van der Waals surface area contributed by atoms with Gasteiger partial charge in [-0.15, -0.1) is 0 Å². The summed E-state index contributed by atoms with van der Waals surface area (Å²) in [7, 11) is -3.29. The molecule has 0 bridgehead atoms. The van der Waals surface area contributed by atoms with E-state index in [0.29, 0.717) is 19.0 Å². The maximum atomic E-state index is 12.0. The van der Waals surface area contributed by atoms with Crippen LogP contribution in [0.5, 0.6) is 0 Å². The van der Waals surface area contributed by atoms with Gasteiger partial charge in [-0.05, 0) is 31.7 Å². The van der Waals surface area contributed by atoms with Crippen molar-refractivity contribution in [2.45, 2.75) is 33.2 Å². The van der Waals surface area contributed by atoms with Crippen LogP contribution in [0, 0.1) is 11.8 Å². The number of hydrogen-bond acceptors (Lipinski definition) is 4. The topological polar surface area (TPSA) is 80.5 Å². The molecule has 5 nitrogen and oxygen atoms in total.